The summed E-state index contributed by atoms with van der Waals surface area (Å²) in [5.74, 6) is 0. The fourth-order valence-electron chi connectivity index (χ4n) is 1.73. The van der Waals surface area contributed by atoms with Gasteiger partial charge in [-0.15, -0.1) is 0 Å². The van der Waals surface area contributed by atoms with Gasteiger partial charge in [-0.2, -0.15) is 0 Å². The monoisotopic (exact) mass is 182 g/mol. The van der Waals surface area contributed by atoms with Crippen LogP contribution in [0, 0.1) is 0 Å². The molecule has 0 N–H and O–H groups in total. The molecule has 4 heteroatoms. The molecule has 4 nitrogen and oxygen atoms in total. The summed E-state index contributed by atoms with van der Waals surface area (Å²) in [5.41, 5.74) is 8.55. The van der Waals surface area contributed by atoms with Crippen LogP contribution in [0.15, 0.2) is 5.11 Å². The van der Waals surface area contributed by atoms with E-state index in [4.69, 9.17) is 5.53 Å². The molecule has 1 atom stereocenters. The van der Waals surface area contributed by atoms with Gasteiger partial charge >= 0.3 is 0 Å². The quantitative estimate of drug-likeness (QED) is 0.349. The summed E-state index contributed by atoms with van der Waals surface area (Å²) >= 11 is 0. The van der Waals surface area contributed by atoms with Crippen LogP contribution in [0.5, 0.6) is 0 Å². The van der Waals surface area contributed by atoms with Gasteiger partial charge in [0.1, 0.15) is 0 Å². The maximum atomic E-state index is 8.35. The van der Waals surface area contributed by atoms with Crippen molar-refractivity contribution in [1.82, 2.24) is 4.90 Å². The summed E-state index contributed by atoms with van der Waals surface area (Å²) in [6, 6.07) is 0.179. The number of piperidine rings is 1. The smallest absolute Gasteiger partial charge is 0.0502 e. The molecule has 0 aliphatic carbocycles. The van der Waals surface area contributed by atoms with Crippen LogP contribution >= 0.6 is 0 Å². The van der Waals surface area contributed by atoms with Gasteiger partial charge in [-0.05, 0) is 45.7 Å². The second-order valence-electron chi connectivity index (χ2n) is 4.62. The number of azide groups is 1. The average molecular weight is 182 g/mol. The highest BCUT2D eigenvalue weighted by atomic mass is 15.2. The Labute approximate surface area is 79.5 Å². The van der Waals surface area contributed by atoms with E-state index < -0.39 is 0 Å². The highest BCUT2D eigenvalue weighted by Gasteiger charge is 2.26. The van der Waals surface area contributed by atoms with E-state index in [2.05, 4.69) is 35.7 Å². The molecular formula is C9H18N4. The molecule has 0 bridgehead atoms. The molecular weight excluding hydrogens is 164 g/mol. The highest BCUT2D eigenvalue weighted by molar-refractivity contribution is 4.85. The van der Waals surface area contributed by atoms with Crippen molar-refractivity contribution < 1.29 is 0 Å². The first-order valence-corrected chi connectivity index (χ1v) is 4.83. The van der Waals surface area contributed by atoms with E-state index in [1.165, 1.54) is 0 Å². The minimum absolute atomic E-state index is 0.179. The van der Waals surface area contributed by atoms with Gasteiger partial charge in [-0.1, -0.05) is 5.11 Å². The standard InChI is InChI=1S/C9H18N4/c1-9(2,3)13-6-4-5-8(7-13)11-12-10/h8H,4-7H2,1-3H3. The van der Waals surface area contributed by atoms with E-state index >= 15 is 0 Å². The van der Waals surface area contributed by atoms with Gasteiger partial charge in [0.25, 0.3) is 0 Å². The molecule has 0 aromatic heterocycles. The van der Waals surface area contributed by atoms with Crippen LogP contribution in [0.25, 0.3) is 10.4 Å². The highest BCUT2D eigenvalue weighted by Crippen LogP contribution is 2.21. The van der Waals surface area contributed by atoms with Gasteiger partial charge in [-0.3, -0.25) is 4.90 Å². The predicted octanol–water partition coefficient (Wildman–Crippen LogP) is 2.56. The molecule has 1 unspecified atom stereocenters. The van der Waals surface area contributed by atoms with Crippen LogP contribution in [0.3, 0.4) is 0 Å². The molecule has 13 heavy (non-hydrogen) atoms. The molecule has 0 aromatic rings. The van der Waals surface area contributed by atoms with E-state index in [1.807, 2.05) is 0 Å². The van der Waals surface area contributed by atoms with Crippen LogP contribution in [0.4, 0.5) is 0 Å². The lowest BCUT2D eigenvalue weighted by Crippen LogP contribution is -2.48. The molecule has 0 saturated carbocycles. The van der Waals surface area contributed by atoms with Gasteiger partial charge in [0.2, 0.25) is 0 Å². The van der Waals surface area contributed by atoms with E-state index in [9.17, 15) is 0 Å². The molecule has 1 saturated heterocycles. The first kappa shape index (κ1) is 10.4. The number of rotatable bonds is 1. The summed E-state index contributed by atoms with van der Waals surface area (Å²) < 4.78 is 0. The third-order valence-corrected chi connectivity index (χ3v) is 2.56. The van der Waals surface area contributed by atoms with Crippen LogP contribution in [0.1, 0.15) is 33.6 Å². The number of hydrogen-bond acceptors (Lipinski definition) is 2. The molecule has 0 aromatic carbocycles. The molecule has 0 spiro atoms. The normalized spacial score (nSPS) is 25.3. The van der Waals surface area contributed by atoms with Crippen LogP contribution in [-0.2, 0) is 0 Å². The van der Waals surface area contributed by atoms with Gasteiger partial charge in [0.05, 0.1) is 6.04 Å². The molecule has 1 aliphatic heterocycles. The largest absolute Gasteiger partial charge is 0.298 e. The summed E-state index contributed by atoms with van der Waals surface area (Å²) in [4.78, 5) is 5.26. The number of likely N-dealkylation sites (tertiary alicyclic amines) is 1. The van der Waals surface area contributed by atoms with E-state index in [-0.39, 0.29) is 11.6 Å². The molecule has 1 fully saturated rings. The van der Waals surface area contributed by atoms with Crippen molar-refractivity contribution in [1.29, 1.82) is 0 Å². The lowest BCUT2D eigenvalue weighted by Gasteiger charge is -2.40. The molecule has 0 radical (unpaired) electrons. The fourth-order valence-corrected chi connectivity index (χ4v) is 1.73. The number of nitrogens with zero attached hydrogens (tertiary/aromatic N) is 4. The lowest BCUT2D eigenvalue weighted by molar-refractivity contribution is 0.0999. The fraction of sp³-hybridized carbons (Fsp3) is 1.00. The first-order valence-electron chi connectivity index (χ1n) is 4.83. The Morgan fingerprint density at radius 3 is 2.69 bits per heavy atom. The Morgan fingerprint density at radius 1 is 1.46 bits per heavy atom. The van der Waals surface area contributed by atoms with Crippen molar-refractivity contribution in [2.75, 3.05) is 13.1 Å². The van der Waals surface area contributed by atoms with Gasteiger partial charge in [0, 0.05) is 17.0 Å². The minimum atomic E-state index is 0.179. The zero-order valence-electron chi connectivity index (χ0n) is 8.69. The third kappa shape index (κ3) is 2.90. The Kier molecular flexibility index (Phi) is 3.17. The van der Waals surface area contributed by atoms with Crippen LogP contribution < -0.4 is 0 Å². The topological polar surface area (TPSA) is 52.0 Å². The van der Waals surface area contributed by atoms with Crippen LogP contribution in [-0.4, -0.2) is 29.6 Å². The maximum absolute atomic E-state index is 8.35. The predicted molar refractivity (Wildman–Crippen MR) is 53.5 cm³/mol. The SMILES string of the molecule is CC(C)(C)N1CCCC(N=[N+]=[N-])C1. The Bertz CT molecular complexity index is 212. The summed E-state index contributed by atoms with van der Waals surface area (Å²) in [6.45, 7) is 8.64. The zero-order valence-corrected chi connectivity index (χ0v) is 8.69. The molecule has 74 valence electrons. The second-order valence-corrected chi connectivity index (χ2v) is 4.62. The zero-order chi connectivity index (χ0) is 9.90. The molecule has 0 amide bonds. The third-order valence-electron chi connectivity index (χ3n) is 2.56. The molecule has 1 rings (SSSR count). The van der Waals surface area contributed by atoms with Crippen molar-refractivity contribution in [2.24, 2.45) is 5.11 Å². The van der Waals surface area contributed by atoms with E-state index in [0.29, 0.717) is 0 Å². The summed E-state index contributed by atoms with van der Waals surface area (Å²) in [5, 5.41) is 3.79. The Hall–Kier alpha value is -0.730. The van der Waals surface area contributed by atoms with Gasteiger partial charge in [-0.25, -0.2) is 0 Å². The van der Waals surface area contributed by atoms with Crippen molar-refractivity contribution in [2.45, 2.75) is 45.2 Å². The van der Waals surface area contributed by atoms with Crippen molar-refractivity contribution >= 4 is 0 Å². The van der Waals surface area contributed by atoms with Gasteiger partial charge < -0.3 is 0 Å². The van der Waals surface area contributed by atoms with E-state index in [1.54, 1.807) is 0 Å². The second kappa shape index (κ2) is 3.99. The number of hydrogen-bond donors (Lipinski definition) is 0. The Balaban J connectivity index is 2.56. The van der Waals surface area contributed by atoms with E-state index in [0.717, 1.165) is 25.9 Å². The van der Waals surface area contributed by atoms with Gasteiger partial charge in [0.15, 0.2) is 0 Å². The Morgan fingerprint density at radius 2 is 2.15 bits per heavy atom. The summed E-state index contributed by atoms with van der Waals surface area (Å²) in [6.07, 6.45) is 2.18. The average Bonchev–Trinajstić information content (AvgIpc) is 2.04. The molecule has 1 aliphatic rings. The van der Waals surface area contributed by atoms with Crippen molar-refractivity contribution in [3.63, 3.8) is 0 Å². The lowest BCUT2D eigenvalue weighted by atomic mass is 9.99. The van der Waals surface area contributed by atoms with Crippen LogP contribution in [0.2, 0.25) is 0 Å². The van der Waals surface area contributed by atoms with Crippen molar-refractivity contribution in [3.8, 4) is 0 Å². The first-order chi connectivity index (χ1) is 6.04. The summed E-state index contributed by atoms with van der Waals surface area (Å²) in [7, 11) is 0. The minimum Gasteiger partial charge on any atom is -0.298 e. The van der Waals surface area contributed by atoms with Crippen molar-refractivity contribution in [3.05, 3.63) is 10.4 Å². The maximum Gasteiger partial charge on any atom is 0.0502 e. The molecule has 1 heterocycles.